The molecule has 1 aromatic carbocycles. The second kappa shape index (κ2) is 8.74. The second-order valence-corrected chi connectivity index (χ2v) is 8.25. The van der Waals surface area contributed by atoms with Crippen LogP contribution in [0.15, 0.2) is 24.3 Å². The molecule has 2 fully saturated rings. The number of nitrogens with zero attached hydrogens (tertiary/aromatic N) is 2. The minimum absolute atomic E-state index is 0.00771. The molecule has 0 aromatic heterocycles. The Balaban J connectivity index is 1.44. The van der Waals surface area contributed by atoms with Crippen LogP contribution >= 0.6 is 0 Å². The van der Waals surface area contributed by atoms with Crippen LogP contribution in [0.5, 0.6) is 0 Å². The van der Waals surface area contributed by atoms with Crippen molar-refractivity contribution in [3.63, 3.8) is 0 Å². The summed E-state index contributed by atoms with van der Waals surface area (Å²) in [5.74, 6) is 0.370. The number of anilines is 2. The Hall–Kier alpha value is -2.08. The van der Waals surface area contributed by atoms with Gasteiger partial charge in [0.1, 0.15) is 0 Å². The summed E-state index contributed by atoms with van der Waals surface area (Å²) in [6, 6.07) is 8.06. The van der Waals surface area contributed by atoms with E-state index < -0.39 is 0 Å². The molecule has 0 spiro atoms. The number of benzene rings is 1. The fraction of sp³-hybridized carbons (Fsp3) is 0.619. The third kappa shape index (κ3) is 5.45. The summed E-state index contributed by atoms with van der Waals surface area (Å²) in [6.07, 6.45) is 3.11. The normalized spacial score (nSPS) is 22.6. The Morgan fingerprint density at radius 2 is 1.70 bits per heavy atom. The van der Waals surface area contributed by atoms with Crippen LogP contribution in [0, 0.1) is 17.8 Å². The Bertz CT molecular complexity index is 651. The molecule has 0 bridgehead atoms. The summed E-state index contributed by atoms with van der Waals surface area (Å²) in [5.41, 5.74) is 2.01. The second-order valence-electron chi connectivity index (χ2n) is 8.25. The van der Waals surface area contributed by atoms with Crippen molar-refractivity contribution in [2.24, 2.45) is 17.8 Å². The van der Waals surface area contributed by atoms with Gasteiger partial charge in [-0.3, -0.25) is 9.59 Å². The van der Waals surface area contributed by atoms with Crippen LogP contribution in [0.3, 0.4) is 0 Å². The van der Waals surface area contributed by atoms with Gasteiger partial charge in [-0.25, -0.2) is 0 Å². The van der Waals surface area contributed by atoms with Crippen LogP contribution in [0.1, 0.15) is 26.2 Å². The van der Waals surface area contributed by atoms with E-state index in [0.717, 1.165) is 31.2 Å². The van der Waals surface area contributed by atoms with Crippen molar-refractivity contribution >= 4 is 23.2 Å². The summed E-state index contributed by atoms with van der Waals surface area (Å²) in [6.45, 7) is 5.92. The highest BCUT2D eigenvalue weighted by Gasteiger charge is 2.47. The number of piperidine rings is 1. The molecule has 0 radical (unpaired) electrons. The van der Waals surface area contributed by atoms with Crippen molar-refractivity contribution in [3.05, 3.63) is 24.3 Å². The lowest BCUT2D eigenvalue weighted by Crippen LogP contribution is -2.33. The van der Waals surface area contributed by atoms with Gasteiger partial charge < -0.3 is 20.4 Å². The number of carbonyl (C=O) groups excluding carboxylic acids is 2. The molecule has 6 nitrogen and oxygen atoms in total. The number of hydrogen-bond donors (Lipinski definition) is 2. The van der Waals surface area contributed by atoms with Crippen LogP contribution < -0.4 is 15.5 Å². The van der Waals surface area contributed by atoms with Crippen LogP contribution in [-0.4, -0.2) is 57.0 Å². The average Bonchev–Trinajstić information content (AvgIpc) is 3.44. The number of hydrogen-bond acceptors (Lipinski definition) is 4. The maximum Gasteiger partial charge on any atom is 0.228 e. The van der Waals surface area contributed by atoms with Crippen LogP contribution in [0.2, 0.25) is 0 Å². The van der Waals surface area contributed by atoms with Gasteiger partial charge in [-0.2, -0.15) is 0 Å². The van der Waals surface area contributed by atoms with Gasteiger partial charge in [0, 0.05) is 37.6 Å². The van der Waals surface area contributed by atoms with E-state index in [9.17, 15) is 9.59 Å². The Morgan fingerprint density at radius 1 is 1.07 bits per heavy atom. The van der Waals surface area contributed by atoms with Gasteiger partial charge in [0.2, 0.25) is 11.8 Å². The Labute approximate surface area is 162 Å². The van der Waals surface area contributed by atoms with E-state index in [1.54, 1.807) is 0 Å². The minimum Gasteiger partial charge on any atom is -0.372 e. The molecule has 1 heterocycles. The molecule has 2 aliphatic rings. The molecule has 148 valence electrons. The van der Waals surface area contributed by atoms with Gasteiger partial charge in [0.25, 0.3) is 0 Å². The SMILES string of the molecule is CC1CCN(c2ccc(NC(=O)C3CC3C(=O)NCCN(C)C)cc2)CC1. The summed E-state index contributed by atoms with van der Waals surface area (Å²) < 4.78 is 0. The predicted molar refractivity (Wildman–Crippen MR) is 109 cm³/mol. The van der Waals surface area contributed by atoms with Gasteiger partial charge in [0.05, 0.1) is 11.8 Å². The molecule has 2 atom stereocenters. The minimum atomic E-state index is -0.201. The molecule has 6 heteroatoms. The van der Waals surface area contributed by atoms with E-state index in [2.05, 4.69) is 34.6 Å². The topological polar surface area (TPSA) is 64.7 Å². The molecule has 2 unspecified atom stereocenters. The van der Waals surface area contributed by atoms with Gasteiger partial charge in [-0.1, -0.05) is 6.92 Å². The van der Waals surface area contributed by atoms with Crippen molar-refractivity contribution in [2.75, 3.05) is 50.5 Å². The third-order valence-corrected chi connectivity index (χ3v) is 5.61. The number of amides is 2. The van der Waals surface area contributed by atoms with Crippen LogP contribution in [0.4, 0.5) is 11.4 Å². The van der Waals surface area contributed by atoms with E-state index in [0.29, 0.717) is 13.0 Å². The first-order chi connectivity index (χ1) is 12.9. The quantitative estimate of drug-likeness (QED) is 0.770. The zero-order valence-electron chi connectivity index (χ0n) is 16.7. The first kappa shape index (κ1) is 19.7. The molecule has 27 heavy (non-hydrogen) atoms. The summed E-state index contributed by atoms with van der Waals surface area (Å²) >= 11 is 0. The van der Waals surface area contributed by atoms with Gasteiger partial charge in [0.15, 0.2) is 0 Å². The lowest BCUT2D eigenvalue weighted by molar-refractivity contribution is -0.125. The molecule has 2 N–H and O–H groups in total. The van der Waals surface area contributed by atoms with Gasteiger partial charge >= 0.3 is 0 Å². The average molecular weight is 373 g/mol. The number of nitrogens with one attached hydrogen (secondary N) is 2. The lowest BCUT2D eigenvalue weighted by Gasteiger charge is -2.32. The van der Waals surface area contributed by atoms with Crippen molar-refractivity contribution in [1.29, 1.82) is 0 Å². The fourth-order valence-corrected chi connectivity index (χ4v) is 3.57. The molecular weight excluding hydrogens is 340 g/mol. The molecule has 1 aliphatic heterocycles. The van der Waals surface area contributed by atoms with Crippen molar-refractivity contribution in [2.45, 2.75) is 26.2 Å². The first-order valence-electron chi connectivity index (χ1n) is 10.0. The Kier molecular flexibility index (Phi) is 6.37. The summed E-state index contributed by atoms with van der Waals surface area (Å²) in [4.78, 5) is 28.9. The highest BCUT2D eigenvalue weighted by molar-refractivity contribution is 5.99. The lowest BCUT2D eigenvalue weighted by atomic mass is 9.99. The van der Waals surface area contributed by atoms with Gasteiger partial charge in [-0.05, 0) is 63.5 Å². The highest BCUT2D eigenvalue weighted by Crippen LogP contribution is 2.39. The predicted octanol–water partition coefficient (Wildman–Crippen LogP) is 2.18. The molecule has 3 rings (SSSR count). The molecular formula is C21H32N4O2. The standard InChI is InChI=1S/C21H32N4O2/c1-15-8-11-25(12-9-15)17-6-4-16(5-7-17)23-21(27)19-14-18(19)20(26)22-10-13-24(2)3/h4-7,15,18-19H,8-14H2,1-3H3,(H,22,26)(H,23,27). The number of carbonyl (C=O) groups is 2. The monoisotopic (exact) mass is 372 g/mol. The summed E-state index contributed by atoms with van der Waals surface area (Å²) in [5, 5.41) is 5.86. The van der Waals surface area contributed by atoms with Crippen molar-refractivity contribution < 1.29 is 9.59 Å². The van der Waals surface area contributed by atoms with Crippen LogP contribution in [0.25, 0.3) is 0 Å². The van der Waals surface area contributed by atoms with E-state index in [1.807, 2.05) is 31.1 Å². The largest absolute Gasteiger partial charge is 0.372 e. The van der Waals surface area contributed by atoms with E-state index >= 15 is 0 Å². The highest BCUT2D eigenvalue weighted by atomic mass is 16.2. The maximum absolute atomic E-state index is 12.4. The third-order valence-electron chi connectivity index (χ3n) is 5.61. The fourth-order valence-electron chi connectivity index (χ4n) is 3.57. The zero-order valence-corrected chi connectivity index (χ0v) is 16.7. The molecule has 1 saturated carbocycles. The Morgan fingerprint density at radius 3 is 2.33 bits per heavy atom. The zero-order chi connectivity index (χ0) is 19.4. The smallest absolute Gasteiger partial charge is 0.228 e. The van der Waals surface area contributed by atoms with Gasteiger partial charge in [-0.15, -0.1) is 0 Å². The summed E-state index contributed by atoms with van der Waals surface area (Å²) in [7, 11) is 3.94. The molecule has 1 saturated heterocycles. The van der Waals surface area contributed by atoms with E-state index in [-0.39, 0.29) is 23.7 Å². The van der Waals surface area contributed by atoms with E-state index in [4.69, 9.17) is 0 Å². The number of rotatable bonds is 7. The van der Waals surface area contributed by atoms with Crippen molar-refractivity contribution in [1.82, 2.24) is 10.2 Å². The number of likely N-dealkylation sites (N-methyl/N-ethyl adjacent to an activating group) is 1. The molecule has 2 amide bonds. The van der Waals surface area contributed by atoms with Crippen LogP contribution in [-0.2, 0) is 9.59 Å². The maximum atomic E-state index is 12.4. The van der Waals surface area contributed by atoms with Crippen molar-refractivity contribution in [3.8, 4) is 0 Å². The molecule has 1 aliphatic carbocycles. The van der Waals surface area contributed by atoms with E-state index in [1.165, 1.54) is 18.5 Å². The first-order valence-corrected chi connectivity index (χ1v) is 10.0. The molecule has 1 aromatic rings.